The van der Waals surface area contributed by atoms with Crippen LogP contribution < -0.4 is 5.32 Å². The van der Waals surface area contributed by atoms with Gasteiger partial charge < -0.3 is 15.5 Å². The highest BCUT2D eigenvalue weighted by Crippen LogP contribution is 2.15. The van der Waals surface area contributed by atoms with Crippen molar-refractivity contribution in [2.75, 3.05) is 6.54 Å². The van der Waals surface area contributed by atoms with Crippen molar-refractivity contribution in [3.05, 3.63) is 35.4 Å². The minimum absolute atomic E-state index is 0.0570. The third-order valence-electron chi connectivity index (χ3n) is 2.32. The predicted molar refractivity (Wildman–Crippen MR) is 56.4 cm³/mol. The summed E-state index contributed by atoms with van der Waals surface area (Å²) < 4.78 is 25.5. The molecule has 2 unspecified atom stereocenters. The molecule has 4 nitrogen and oxygen atoms in total. The van der Waals surface area contributed by atoms with Crippen LogP contribution in [0.4, 0.5) is 8.78 Å². The molecule has 0 aromatic heterocycles. The van der Waals surface area contributed by atoms with Crippen molar-refractivity contribution in [2.24, 2.45) is 0 Å². The molecule has 94 valence electrons. The Bertz CT molecular complexity index is 412. The number of hydrogen-bond acceptors (Lipinski definition) is 3. The number of nitrogens with one attached hydrogen (secondary N) is 1. The molecule has 1 rings (SSSR count). The maximum absolute atomic E-state index is 12.9. The second kappa shape index (κ2) is 5.70. The van der Waals surface area contributed by atoms with E-state index in [1.165, 1.54) is 13.0 Å². The summed E-state index contributed by atoms with van der Waals surface area (Å²) in [5.74, 6) is -3.09. The number of rotatable bonds is 5. The lowest BCUT2D eigenvalue weighted by atomic mass is 10.1. The Hall–Kier alpha value is -1.53. The summed E-state index contributed by atoms with van der Waals surface area (Å²) in [6.45, 7) is 1.36. The molecule has 0 saturated heterocycles. The number of benzene rings is 1. The van der Waals surface area contributed by atoms with Gasteiger partial charge in [0.15, 0.2) is 11.6 Å². The van der Waals surface area contributed by atoms with Gasteiger partial charge in [-0.2, -0.15) is 0 Å². The van der Waals surface area contributed by atoms with E-state index in [1.807, 2.05) is 0 Å². The highest BCUT2D eigenvalue weighted by molar-refractivity contribution is 5.72. The zero-order valence-corrected chi connectivity index (χ0v) is 9.15. The average molecular weight is 245 g/mol. The molecule has 0 spiro atoms. The monoisotopic (exact) mass is 245 g/mol. The summed E-state index contributed by atoms with van der Waals surface area (Å²) in [5, 5.41) is 20.8. The molecule has 0 radical (unpaired) electrons. The van der Waals surface area contributed by atoms with E-state index in [2.05, 4.69) is 5.32 Å². The Morgan fingerprint density at radius 2 is 2.06 bits per heavy atom. The summed E-state index contributed by atoms with van der Waals surface area (Å²) in [6.07, 6.45) is -1.09. The van der Waals surface area contributed by atoms with Gasteiger partial charge in [0.25, 0.3) is 0 Å². The molecular formula is C11H13F2NO3. The van der Waals surface area contributed by atoms with Crippen molar-refractivity contribution < 1.29 is 23.8 Å². The molecule has 0 aliphatic carbocycles. The smallest absolute Gasteiger partial charge is 0.320 e. The second-order valence-electron chi connectivity index (χ2n) is 3.66. The fourth-order valence-electron chi connectivity index (χ4n) is 1.21. The Morgan fingerprint density at radius 1 is 1.41 bits per heavy atom. The van der Waals surface area contributed by atoms with Crippen LogP contribution >= 0.6 is 0 Å². The van der Waals surface area contributed by atoms with Crippen molar-refractivity contribution in [3.63, 3.8) is 0 Å². The van der Waals surface area contributed by atoms with Gasteiger partial charge in [-0.15, -0.1) is 0 Å². The molecule has 1 aromatic carbocycles. The van der Waals surface area contributed by atoms with Gasteiger partial charge in [-0.05, 0) is 24.6 Å². The fraction of sp³-hybridized carbons (Fsp3) is 0.364. The van der Waals surface area contributed by atoms with E-state index < -0.39 is 29.7 Å². The molecule has 2 atom stereocenters. The summed E-state index contributed by atoms with van der Waals surface area (Å²) >= 11 is 0. The molecule has 1 aromatic rings. The van der Waals surface area contributed by atoms with E-state index in [9.17, 15) is 18.7 Å². The van der Waals surface area contributed by atoms with Gasteiger partial charge in [-0.25, -0.2) is 8.78 Å². The van der Waals surface area contributed by atoms with E-state index in [-0.39, 0.29) is 12.1 Å². The third-order valence-corrected chi connectivity index (χ3v) is 2.32. The summed E-state index contributed by atoms with van der Waals surface area (Å²) in [5.41, 5.74) is 0.189. The van der Waals surface area contributed by atoms with Gasteiger partial charge in [0.2, 0.25) is 0 Å². The minimum atomic E-state index is -1.09. The molecule has 0 aliphatic rings. The number of hydrogen-bond donors (Lipinski definition) is 3. The van der Waals surface area contributed by atoms with Gasteiger partial charge >= 0.3 is 5.97 Å². The number of carboxylic acids is 1. The van der Waals surface area contributed by atoms with Crippen LogP contribution in [0.2, 0.25) is 0 Å². The van der Waals surface area contributed by atoms with Crippen LogP contribution in [-0.2, 0) is 4.79 Å². The van der Waals surface area contributed by atoms with Crippen molar-refractivity contribution in [2.45, 2.75) is 19.1 Å². The fourth-order valence-corrected chi connectivity index (χ4v) is 1.21. The normalized spacial score (nSPS) is 14.4. The number of aliphatic hydroxyl groups is 1. The van der Waals surface area contributed by atoms with Crippen molar-refractivity contribution >= 4 is 5.97 Å². The van der Waals surface area contributed by atoms with Crippen LogP contribution in [-0.4, -0.2) is 28.8 Å². The quantitative estimate of drug-likeness (QED) is 0.725. The van der Waals surface area contributed by atoms with E-state index in [1.54, 1.807) is 0 Å². The van der Waals surface area contributed by atoms with E-state index in [0.29, 0.717) is 0 Å². The van der Waals surface area contributed by atoms with Crippen LogP contribution in [0.1, 0.15) is 18.6 Å². The number of carbonyl (C=O) groups is 1. The third kappa shape index (κ3) is 3.76. The van der Waals surface area contributed by atoms with Crippen LogP contribution in [0.25, 0.3) is 0 Å². The van der Waals surface area contributed by atoms with Gasteiger partial charge in [-0.1, -0.05) is 6.07 Å². The first-order chi connectivity index (χ1) is 7.91. The van der Waals surface area contributed by atoms with Crippen molar-refractivity contribution in [3.8, 4) is 0 Å². The molecule has 0 fully saturated rings. The molecule has 6 heteroatoms. The molecule has 0 amide bonds. The molecule has 3 N–H and O–H groups in total. The Morgan fingerprint density at radius 3 is 2.59 bits per heavy atom. The molecule has 0 bridgehead atoms. The first-order valence-corrected chi connectivity index (χ1v) is 5.01. The average Bonchev–Trinajstić information content (AvgIpc) is 2.28. The molecule has 0 saturated carbocycles. The van der Waals surface area contributed by atoms with Gasteiger partial charge in [0, 0.05) is 6.54 Å². The topological polar surface area (TPSA) is 69.6 Å². The highest BCUT2D eigenvalue weighted by Gasteiger charge is 2.14. The zero-order chi connectivity index (χ0) is 13.0. The second-order valence-corrected chi connectivity index (χ2v) is 3.66. The largest absolute Gasteiger partial charge is 0.480 e. The minimum Gasteiger partial charge on any atom is -0.480 e. The lowest BCUT2D eigenvalue weighted by Gasteiger charge is -2.14. The van der Waals surface area contributed by atoms with Gasteiger partial charge in [-0.3, -0.25) is 4.79 Å². The van der Waals surface area contributed by atoms with Crippen LogP contribution in [0, 0.1) is 11.6 Å². The molecular weight excluding hydrogens is 232 g/mol. The Kier molecular flexibility index (Phi) is 4.53. The highest BCUT2D eigenvalue weighted by atomic mass is 19.2. The summed E-state index contributed by atoms with van der Waals surface area (Å²) in [7, 11) is 0. The molecule has 17 heavy (non-hydrogen) atoms. The standard InChI is InChI=1S/C11H13F2NO3/c1-6(11(16)17)14-5-10(15)7-2-3-8(12)9(13)4-7/h2-4,6,10,14-15H,5H2,1H3,(H,16,17). The summed E-state index contributed by atoms with van der Waals surface area (Å²) in [4.78, 5) is 10.5. The van der Waals surface area contributed by atoms with Crippen LogP contribution in [0.15, 0.2) is 18.2 Å². The SMILES string of the molecule is CC(NCC(O)c1ccc(F)c(F)c1)C(=O)O. The molecule has 0 heterocycles. The van der Waals surface area contributed by atoms with E-state index in [4.69, 9.17) is 5.11 Å². The predicted octanol–water partition coefficient (Wildman–Crippen LogP) is 1.06. The first-order valence-electron chi connectivity index (χ1n) is 5.01. The Labute approximate surface area is 96.9 Å². The number of halogens is 2. The van der Waals surface area contributed by atoms with Crippen LogP contribution in [0.3, 0.4) is 0 Å². The van der Waals surface area contributed by atoms with Crippen LogP contribution in [0.5, 0.6) is 0 Å². The Balaban J connectivity index is 2.60. The maximum atomic E-state index is 12.9. The van der Waals surface area contributed by atoms with Gasteiger partial charge in [0.1, 0.15) is 6.04 Å². The van der Waals surface area contributed by atoms with E-state index in [0.717, 1.165) is 12.1 Å². The first kappa shape index (κ1) is 13.5. The lowest BCUT2D eigenvalue weighted by molar-refractivity contribution is -0.139. The van der Waals surface area contributed by atoms with E-state index >= 15 is 0 Å². The van der Waals surface area contributed by atoms with Crippen molar-refractivity contribution in [1.29, 1.82) is 0 Å². The molecule has 0 aliphatic heterocycles. The maximum Gasteiger partial charge on any atom is 0.320 e. The van der Waals surface area contributed by atoms with Crippen molar-refractivity contribution in [1.82, 2.24) is 5.32 Å². The van der Waals surface area contributed by atoms with Gasteiger partial charge in [0.05, 0.1) is 6.10 Å². The number of carboxylic acid groups (broad SMARTS) is 1. The summed E-state index contributed by atoms with van der Waals surface area (Å²) in [6, 6.07) is 2.22. The lowest BCUT2D eigenvalue weighted by Crippen LogP contribution is -2.36. The number of aliphatic hydroxyl groups excluding tert-OH is 1. The zero-order valence-electron chi connectivity index (χ0n) is 9.15. The number of aliphatic carboxylic acids is 1.